The van der Waals surface area contributed by atoms with Crippen LogP contribution in [0.2, 0.25) is 10.0 Å². The van der Waals surface area contributed by atoms with Gasteiger partial charge >= 0.3 is 0 Å². The zero-order valence-electron chi connectivity index (χ0n) is 16.8. The Morgan fingerprint density at radius 2 is 1.67 bits per heavy atom. The maximum atomic E-state index is 11.4. The minimum Gasteiger partial charge on any atom is -0.380 e. The molecule has 2 aromatic rings. The third kappa shape index (κ3) is 3.48. The van der Waals surface area contributed by atoms with Gasteiger partial charge in [0, 0.05) is 20.6 Å². The van der Waals surface area contributed by atoms with E-state index in [-0.39, 0.29) is 12.0 Å². The number of thioether (sulfide) groups is 1. The maximum Gasteiger partial charge on any atom is 0.169 e. The van der Waals surface area contributed by atoms with Gasteiger partial charge in [-0.1, -0.05) is 73.1 Å². The molecule has 2 aromatic carbocycles. The fourth-order valence-electron chi connectivity index (χ4n) is 4.22. The van der Waals surface area contributed by atoms with Gasteiger partial charge in [0.05, 0.1) is 6.04 Å². The molecule has 30 heavy (non-hydrogen) atoms. The third-order valence-electron chi connectivity index (χ3n) is 5.60. The van der Waals surface area contributed by atoms with Crippen LogP contribution in [0.3, 0.4) is 0 Å². The van der Waals surface area contributed by atoms with Crippen LogP contribution in [0.4, 0.5) is 0 Å². The van der Waals surface area contributed by atoms with E-state index in [1.165, 1.54) is 11.8 Å². The lowest BCUT2D eigenvalue weighted by molar-refractivity contribution is -0.113. The van der Waals surface area contributed by atoms with Gasteiger partial charge in [0.1, 0.15) is 11.6 Å². The lowest BCUT2D eigenvalue weighted by Gasteiger charge is -2.37. The number of halogens is 2. The second-order valence-electron chi connectivity index (χ2n) is 7.96. The van der Waals surface area contributed by atoms with Crippen LogP contribution in [0.1, 0.15) is 37.9 Å². The molecule has 3 atom stereocenters. The number of allylic oxidation sites excluding steroid dienone is 1. The molecule has 156 valence electrons. The summed E-state index contributed by atoms with van der Waals surface area (Å²) < 4.78 is 0. The zero-order chi connectivity index (χ0) is 21.6. The Hall–Kier alpha value is -1.79. The molecule has 2 aliphatic rings. The quantitative estimate of drug-likeness (QED) is 0.573. The highest BCUT2D eigenvalue weighted by Gasteiger charge is 2.52. The molecular weight excluding hydrogens is 439 g/mol. The highest BCUT2D eigenvalue weighted by molar-refractivity contribution is 8.17. The van der Waals surface area contributed by atoms with E-state index in [1.54, 1.807) is 0 Å². The van der Waals surface area contributed by atoms with Gasteiger partial charge in [0.15, 0.2) is 11.5 Å². The number of rotatable bonds is 5. The van der Waals surface area contributed by atoms with Crippen molar-refractivity contribution in [1.82, 2.24) is 4.90 Å². The molecule has 0 radical (unpaired) electrons. The smallest absolute Gasteiger partial charge is 0.169 e. The van der Waals surface area contributed by atoms with E-state index in [2.05, 4.69) is 25.7 Å². The minimum atomic E-state index is -1.16. The summed E-state index contributed by atoms with van der Waals surface area (Å²) in [6, 6.07) is 15.4. The number of benzene rings is 2. The average Bonchev–Trinajstić information content (AvgIpc) is 3.21. The van der Waals surface area contributed by atoms with Crippen LogP contribution >= 0.6 is 35.0 Å². The van der Waals surface area contributed by atoms with Gasteiger partial charge in [0.25, 0.3) is 0 Å². The summed E-state index contributed by atoms with van der Waals surface area (Å²) >= 11 is 13.7. The standard InChI is InChI=1S/C23H22Cl2N2O2S/c1-13(2)19-20(18(29)12-28)30-22-26-23(3,15-6-10-17(25)11-7-15)21(27(19)22)14-4-8-16(24)9-5-14/h4-13,18,21,29H,1-3H3/t18?,21-,23+/m1/s1. The number of aliphatic hydroxyl groups is 1. The molecule has 1 unspecified atom stereocenters. The van der Waals surface area contributed by atoms with Crippen molar-refractivity contribution < 1.29 is 9.90 Å². The molecule has 0 fully saturated rings. The van der Waals surface area contributed by atoms with Crippen molar-refractivity contribution in [3.8, 4) is 0 Å². The van der Waals surface area contributed by atoms with E-state index in [1.807, 2.05) is 48.5 Å². The second-order valence-corrected chi connectivity index (χ2v) is 9.84. The van der Waals surface area contributed by atoms with E-state index in [4.69, 9.17) is 28.2 Å². The summed E-state index contributed by atoms with van der Waals surface area (Å²) in [4.78, 5) is 19.3. The molecule has 4 nitrogen and oxygen atoms in total. The molecule has 0 aromatic heterocycles. The van der Waals surface area contributed by atoms with Crippen molar-refractivity contribution >= 4 is 46.4 Å². The largest absolute Gasteiger partial charge is 0.380 e. The molecule has 0 saturated carbocycles. The number of carbonyl (C=O) groups excluding carboxylic acids is 1. The summed E-state index contributed by atoms with van der Waals surface area (Å²) in [5.41, 5.74) is 2.43. The van der Waals surface area contributed by atoms with E-state index in [0.29, 0.717) is 21.2 Å². The number of aliphatic imine (C=N–C) groups is 1. The average molecular weight is 461 g/mol. The van der Waals surface area contributed by atoms with Gasteiger partial charge in [-0.15, -0.1) is 0 Å². The fraction of sp³-hybridized carbons (Fsp3) is 0.304. The molecule has 4 rings (SSSR count). The van der Waals surface area contributed by atoms with Crippen LogP contribution in [0.25, 0.3) is 0 Å². The number of fused-ring (bicyclic) bond motifs is 1. The normalized spacial score (nSPS) is 24.3. The Bertz CT molecular complexity index is 1030. The Balaban J connectivity index is 1.91. The Labute approximate surface area is 190 Å². The second kappa shape index (κ2) is 8.04. The van der Waals surface area contributed by atoms with Gasteiger partial charge in [-0.25, -0.2) is 4.99 Å². The van der Waals surface area contributed by atoms with Gasteiger partial charge in [-0.2, -0.15) is 0 Å². The molecule has 0 spiro atoms. The summed E-state index contributed by atoms with van der Waals surface area (Å²) in [7, 11) is 0. The fourth-order valence-corrected chi connectivity index (χ4v) is 5.82. The Kier molecular flexibility index (Phi) is 5.75. The lowest BCUT2D eigenvalue weighted by Crippen LogP contribution is -2.36. The zero-order valence-corrected chi connectivity index (χ0v) is 19.2. The van der Waals surface area contributed by atoms with Gasteiger partial charge in [-0.3, -0.25) is 0 Å². The molecule has 1 N–H and O–H groups in total. The number of nitrogens with zero attached hydrogens (tertiary/aromatic N) is 2. The first-order valence-corrected chi connectivity index (χ1v) is 11.3. The van der Waals surface area contributed by atoms with Gasteiger partial charge in [0.2, 0.25) is 0 Å². The maximum absolute atomic E-state index is 11.4. The van der Waals surface area contributed by atoms with E-state index in [9.17, 15) is 9.90 Å². The van der Waals surface area contributed by atoms with Crippen molar-refractivity contribution in [3.63, 3.8) is 0 Å². The predicted octanol–water partition coefficient (Wildman–Crippen LogP) is 5.80. The molecule has 7 heteroatoms. The van der Waals surface area contributed by atoms with Crippen LogP contribution < -0.4 is 0 Å². The summed E-state index contributed by atoms with van der Waals surface area (Å²) in [6.07, 6.45) is -0.586. The highest BCUT2D eigenvalue weighted by atomic mass is 35.5. The van der Waals surface area contributed by atoms with E-state index < -0.39 is 11.6 Å². The van der Waals surface area contributed by atoms with Crippen molar-refractivity contribution in [2.24, 2.45) is 10.9 Å². The van der Waals surface area contributed by atoms with Crippen molar-refractivity contribution in [2.45, 2.75) is 38.5 Å². The number of carbonyl (C=O) groups is 1. The molecule has 2 heterocycles. The third-order valence-corrected chi connectivity index (χ3v) is 7.24. The highest BCUT2D eigenvalue weighted by Crippen LogP contribution is 2.56. The first-order chi connectivity index (χ1) is 14.3. The number of amidine groups is 1. The van der Waals surface area contributed by atoms with Gasteiger partial charge < -0.3 is 14.8 Å². The SMILES string of the molecule is CC(C)C1=C(C(O)C=O)SC2=N[C@@](C)(c3ccc(Cl)cc3)[C@@H](c3ccc(Cl)cc3)N21. The molecular formula is C23H22Cl2N2O2S. The van der Waals surface area contributed by atoms with Crippen LogP contribution in [0.5, 0.6) is 0 Å². The predicted molar refractivity (Wildman–Crippen MR) is 124 cm³/mol. The van der Waals surface area contributed by atoms with Crippen molar-refractivity contribution in [2.75, 3.05) is 0 Å². The molecule has 0 bridgehead atoms. The monoisotopic (exact) mass is 460 g/mol. The van der Waals surface area contributed by atoms with Gasteiger partial charge in [-0.05, 0) is 48.2 Å². The first-order valence-electron chi connectivity index (χ1n) is 9.72. The molecule has 0 amide bonds. The van der Waals surface area contributed by atoms with E-state index >= 15 is 0 Å². The topological polar surface area (TPSA) is 52.9 Å². The van der Waals surface area contributed by atoms with Crippen LogP contribution in [-0.2, 0) is 10.3 Å². The minimum absolute atomic E-state index is 0.0946. The number of aldehydes is 1. The van der Waals surface area contributed by atoms with Crippen LogP contribution in [0, 0.1) is 5.92 Å². The van der Waals surface area contributed by atoms with E-state index in [0.717, 1.165) is 22.0 Å². The van der Waals surface area contributed by atoms with Crippen molar-refractivity contribution in [3.05, 3.63) is 80.3 Å². The summed E-state index contributed by atoms with van der Waals surface area (Å²) in [5.74, 6) is 0.0946. The molecule has 0 saturated heterocycles. The number of hydrogen-bond donors (Lipinski definition) is 1. The lowest BCUT2D eigenvalue weighted by atomic mass is 9.81. The van der Waals surface area contributed by atoms with Crippen LogP contribution in [0.15, 0.2) is 64.1 Å². The summed E-state index contributed by atoms with van der Waals surface area (Å²) in [5, 5.41) is 12.5. The van der Waals surface area contributed by atoms with Crippen molar-refractivity contribution in [1.29, 1.82) is 0 Å². The molecule has 0 aliphatic carbocycles. The Morgan fingerprint density at radius 1 is 1.10 bits per heavy atom. The number of aliphatic hydroxyl groups excluding tert-OH is 1. The molecule has 2 aliphatic heterocycles. The van der Waals surface area contributed by atoms with Crippen LogP contribution in [-0.4, -0.2) is 27.6 Å². The summed E-state index contributed by atoms with van der Waals surface area (Å²) in [6.45, 7) is 6.23. The number of hydrogen-bond acceptors (Lipinski definition) is 5. The first kappa shape index (κ1) is 21.4. The Morgan fingerprint density at radius 3 is 2.20 bits per heavy atom.